The van der Waals surface area contributed by atoms with E-state index in [1.807, 2.05) is 0 Å². The van der Waals surface area contributed by atoms with Crippen LogP contribution < -0.4 is 15.4 Å². The lowest BCUT2D eigenvalue weighted by Crippen LogP contribution is -2.36. The van der Waals surface area contributed by atoms with Crippen LogP contribution in [0, 0.1) is 5.82 Å². The highest BCUT2D eigenvalue weighted by molar-refractivity contribution is 7.89. The number of rotatable bonds is 8. The number of benzene rings is 2. The molecule has 3 rings (SSSR count). The first-order chi connectivity index (χ1) is 14.2. The Morgan fingerprint density at radius 2 is 1.87 bits per heavy atom. The average molecular weight is 434 g/mol. The van der Waals surface area contributed by atoms with Gasteiger partial charge >= 0.3 is 6.03 Å². The topological polar surface area (TPSA) is 118 Å². The highest BCUT2D eigenvalue weighted by atomic mass is 32.2. The number of hydrogen-bond donors (Lipinski definition) is 3. The molecule has 0 radical (unpaired) electrons. The molecule has 0 unspecified atom stereocenters. The summed E-state index contributed by atoms with van der Waals surface area (Å²) in [6.07, 6.45) is 0. The molecule has 0 saturated heterocycles. The molecule has 0 saturated carbocycles. The van der Waals surface area contributed by atoms with E-state index in [1.54, 1.807) is 36.7 Å². The Bertz CT molecular complexity index is 1130. The number of halogens is 1. The second-order valence-corrected chi connectivity index (χ2v) is 8.69. The molecule has 0 aliphatic rings. The molecule has 2 aromatic carbocycles. The fourth-order valence-electron chi connectivity index (χ4n) is 2.79. The summed E-state index contributed by atoms with van der Waals surface area (Å²) >= 11 is 0. The lowest BCUT2D eigenvalue weighted by molar-refractivity contribution is 0.240. The van der Waals surface area contributed by atoms with Crippen molar-refractivity contribution in [2.45, 2.75) is 37.9 Å². The highest BCUT2D eigenvalue weighted by Gasteiger charge is 2.17. The maximum absolute atomic E-state index is 12.9. The number of carbonyl (C=O) groups excluding carboxylic acids is 1. The molecular formula is C19H23FN6O3S. The summed E-state index contributed by atoms with van der Waals surface area (Å²) in [6.45, 7) is 4.42. The van der Waals surface area contributed by atoms with Gasteiger partial charge in [-0.15, -0.1) is 5.10 Å². The Hall–Kier alpha value is -3.05. The predicted molar refractivity (Wildman–Crippen MR) is 110 cm³/mol. The fourth-order valence-corrected chi connectivity index (χ4v) is 4.06. The highest BCUT2D eigenvalue weighted by Crippen LogP contribution is 2.17. The number of carbonyl (C=O) groups is 1. The Morgan fingerprint density at radius 1 is 1.13 bits per heavy atom. The number of hydrogen-bond acceptors (Lipinski definition) is 5. The van der Waals surface area contributed by atoms with E-state index in [2.05, 4.69) is 25.7 Å². The van der Waals surface area contributed by atoms with Gasteiger partial charge in [0.1, 0.15) is 11.3 Å². The van der Waals surface area contributed by atoms with Gasteiger partial charge in [0, 0.05) is 19.1 Å². The summed E-state index contributed by atoms with van der Waals surface area (Å²) in [5, 5.41) is 13.4. The summed E-state index contributed by atoms with van der Waals surface area (Å²) in [6, 6.07) is 9.88. The molecule has 0 atom stereocenters. The van der Waals surface area contributed by atoms with E-state index in [0.717, 1.165) is 5.56 Å². The van der Waals surface area contributed by atoms with E-state index in [0.29, 0.717) is 24.1 Å². The minimum absolute atomic E-state index is 0.119. The first-order valence-corrected chi connectivity index (χ1v) is 10.8. The van der Waals surface area contributed by atoms with Crippen molar-refractivity contribution in [1.29, 1.82) is 0 Å². The third kappa shape index (κ3) is 5.51. The molecule has 0 fully saturated rings. The zero-order chi connectivity index (χ0) is 21.7. The van der Waals surface area contributed by atoms with E-state index in [1.165, 1.54) is 24.3 Å². The number of aromatic nitrogens is 3. The number of nitrogens with one attached hydrogen (secondary N) is 3. The van der Waals surface area contributed by atoms with Crippen molar-refractivity contribution in [1.82, 2.24) is 30.3 Å². The van der Waals surface area contributed by atoms with Crippen molar-refractivity contribution in [3.05, 3.63) is 53.8 Å². The van der Waals surface area contributed by atoms with Gasteiger partial charge in [0.15, 0.2) is 0 Å². The minimum Gasteiger partial charge on any atom is -0.336 e. The number of nitrogens with zero attached hydrogens (tertiary/aromatic N) is 3. The van der Waals surface area contributed by atoms with Crippen LogP contribution in [0.25, 0.3) is 11.0 Å². The van der Waals surface area contributed by atoms with Crippen LogP contribution in [0.1, 0.15) is 19.4 Å². The average Bonchev–Trinajstić information content (AvgIpc) is 3.09. The van der Waals surface area contributed by atoms with Gasteiger partial charge < -0.3 is 10.6 Å². The predicted octanol–water partition coefficient (Wildman–Crippen LogP) is 1.76. The van der Waals surface area contributed by atoms with E-state index in [4.69, 9.17) is 0 Å². The van der Waals surface area contributed by atoms with Crippen LogP contribution in [0.3, 0.4) is 0 Å². The van der Waals surface area contributed by atoms with E-state index >= 15 is 0 Å². The van der Waals surface area contributed by atoms with Crippen LogP contribution in [0.2, 0.25) is 0 Å². The SMILES string of the molecule is CC(C)NS(=O)(=O)c1ccc2c(c1)nnn2CCNC(=O)NCc1ccc(F)cc1. The third-order valence-electron chi connectivity index (χ3n) is 4.16. The molecule has 2 amide bonds. The Labute approximate surface area is 173 Å². The van der Waals surface area contributed by atoms with Gasteiger partial charge in [-0.1, -0.05) is 17.3 Å². The fraction of sp³-hybridized carbons (Fsp3) is 0.316. The molecule has 3 N–H and O–H groups in total. The van der Waals surface area contributed by atoms with E-state index < -0.39 is 10.0 Å². The minimum atomic E-state index is -3.61. The van der Waals surface area contributed by atoms with Gasteiger partial charge in [-0.3, -0.25) is 0 Å². The third-order valence-corrected chi connectivity index (χ3v) is 5.82. The first-order valence-electron chi connectivity index (χ1n) is 9.36. The lowest BCUT2D eigenvalue weighted by Gasteiger charge is -2.10. The summed E-state index contributed by atoms with van der Waals surface area (Å²) < 4.78 is 41.6. The standard InChI is InChI=1S/C19H23FN6O3S/c1-13(2)24-30(28,29)16-7-8-18-17(11-16)23-25-26(18)10-9-21-19(27)22-12-14-3-5-15(20)6-4-14/h3-8,11,13,24H,9-10,12H2,1-2H3,(H2,21,22,27). The molecular weight excluding hydrogens is 411 g/mol. The summed E-state index contributed by atoms with van der Waals surface area (Å²) in [5.41, 5.74) is 1.89. The van der Waals surface area contributed by atoms with Crippen LogP contribution in [-0.2, 0) is 23.1 Å². The molecule has 0 aliphatic heterocycles. The van der Waals surface area contributed by atoms with Crippen LogP contribution in [0.5, 0.6) is 0 Å². The maximum atomic E-state index is 12.9. The maximum Gasteiger partial charge on any atom is 0.315 e. The van der Waals surface area contributed by atoms with Gasteiger partial charge in [0.2, 0.25) is 10.0 Å². The molecule has 1 aromatic heterocycles. The zero-order valence-electron chi connectivity index (χ0n) is 16.6. The normalized spacial score (nSPS) is 11.7. The van der Waals surface area contributed by atoms with Crippen LogP contribution >= 0.6 is 0 Å². The van der Waals surface area contributed by atoms with E-state index in [-0.39, 0.29) is 29.3 Å². The molecule has 11 heteroatoms. The van der Waals surface area contributed by atoms with Crippen LogP contribution in [0.15, 0.2) is 47.4 Å². The Kier molecular flexibility index (Phi) is 6.63. The molecule has 0 bridgehead atoms. The molecule has 0 aliphatic carbocycles. The van der Waals surface area contributed by atoms with Crippen molar-refractivity contribution < 1.29 is 17.6 Å². The quantitative estimate of drug-likeness (QED) is 0.499. The number of sulfonamides is 1. The number of fused-ring (bicyclic) bond motifs is 1. The summed E-state index contributed by atoms with van der Waals surface area (Å²) in [5.74, 6) is -0.329. The van der Waals surface area contributed by atoms with Crippen molar-refractivity contribution >= 4 is 27.1 Å². The van der Waals surface area contributed by atoms with Crippen LogP contribution in [0.4, 0.5) is 9.18 Å². The second kappa shape index (κ2) is 9.18. The molecule has 1 heterocycles. The number of urea groups is 1. The number of amides is 2. The van der Waals surface area contributed by atoms with Crippen molar-refractivity contribution in [2.75, 3.05) is 6.54 Å². The zero-order valence-corrected chi connectivity index (χ0v) is 17.4. The molecule has 0 spiro atoms. The largest absolute Gasteiger partial charge is 0.336 e. The van der Waals surface area contributed by atoms with E-state index in [9.17, 15) is 17.6 Å². The second-order valence-electron chi connectivity index (χ2n) is 6.98. The van der Waals surface area contributed by atoms with Crippen LogP contribution in [-0.4, -0.2) is 42.0 Å². The molecule has 3 aromatic rings. The molecule has 160 valence electrons. The smallest absolute Gasteiger partial charge is 0.315 e. The molecule has 30 heavy (non-hydrogen) atoms. The van der Waals surface area contributed by atoms with Gasteiger partial charge in [0.25, 0.3) is 0 Å². The van der Waals surface area contributed by atoms with Crippen molar-refractivity contribution in [3.63, 3.8) is 0 Å². The Morgan fingerprint density at radius 3 is 2.57 bits per heavy atom. The van der Waals surface area contributed by atoms with Gasteiger partial charge in [0.05, 0.1) is 17.0 Å². The summed E-state index contributed by atoms with van der Waals surface area (Å²) in [4.78, 5) is 12.0. The van der Waals surface area contributed by atoms with Crippen molar-refractivity contribution in [2.24, 2.45) is 0 Å². The lowest BCUT2D eigenvalue weighted by atomic mass is 10.2. The first kappa shape index (κ1) is 21.7. The van der Waals surface area contributed by atoms with Gasteiger partial charge in [-0.05, 0) is 49.7 Å². The monoisotopic (exact) mass is 434 g/mol. The van der Waals surface area contributed by atoms with Gasteiger partial charge in [-0.25, -0.2) is 27.0 Å². The van der Waals surface area contributed by atoms with Gasteiger partial charge in [-0.2, -0.15) is 0 Å². The summed E-state index contributed by atoms with van der Waals surface area (Å²) in [7, 11) is -3.61. The van der Waals surface area contributed by atoms with Crippen molar-refractivity contribution in [3.8, 4) is 0 Å². The Balaban J connectivity index is 1.55. The molecule has 9 nitrogen and oxygen atoms in total.